The number of carboxylic acid groups (broad SMARTS) is 1. The third kappa shape index (κ3) is 5.45. The number of aromatic nitrogens is 4. The molecule has 10 heteroatoms. The van der Waals surface area contributed by atoms with Gasteiger partial charge in [-0.15, -0.1) is 0 Å². The number of esters is 1. The Labute approximate surface area is 237 Å². The fraction of sp³-hybridized carbons (Fsp3) is 0.290. The second kappa shape index (κ2) is 11.7. The molecule has 0 aliphatic heterocycles. The van der Waals surface area contributed by atoms with Crippen molar-refractivity contribution in [3.05, 3.63) is 60.3 Å². The minimum atomic E-state index is -0.765. The van der Waals surface area contributed by atoms with Gasteiger partial charge in [-0.25, -0.2) is 14.8 Å². The number of pyridine rings is 1. The molecule has 3 aromatic heterocycles. The highest BCUT2D eigenvalue weighted by Crippen LogP contribution is 2.36. The number of benzene rings is 2. The molecule has 0 aliphatic rings. The molecule has 0 amide bonds. The van der Waals surface area contributed by atoms with Gasteiger partial charge in [0.2, 0.25) is 0 Å². The van der Waals surface area contributed by atoms with Crippen LogP contribution in [-0.4, -0.2) is 50.4 Å². The van der Waals surface area contributed by atoms with Crippen LogP contribution in [0, 0.1) is 0 Å². The van der Waals surface area contributed by atoms with Crippen molar-refractivity contribution < 1.29 is 24.2 Å². The van der Waals surface area contributed by atoms with Gasteiger partial charge in [-0.05, 0) is 54.8 Å². The molecule has 0 saturated carbocycles. The highest BCUT2D eigenvalue weighted by Gasteiger charge is 2.21. The van der Waals surface area contributed by atoms with Crippen LogP contribution in [0.4, 0.5) is 5.82 Å². The molecule has 0 radical (unpaired) electrons. The Morgan fingerprint density at radius 2 is 1.83 bits per heavy atom. The zero-order valence-corrected chi connectivity index (χ0v) is 23.4. The lowest BCUT2D eigenvalue weighted by atomic mass is 10.1. The van der Waals surface area contributed by atoms with Crippen molar-refractivity contribution in [1.29, 1.82) is 0 Å². The molecule has 212 valence electrons. The number of nitrogens with two attached hydrogens (primary N) is 1. The van der Waals surface area contributed by atoms with Crippen LogP contribution in [0.5, 0.6) is 5.75 Å². The summed E-state index contributed by atoms with van der Waals surface area (Å²) < 4.78 is 14.8. The summed E-state index contributed by atoms with van der Waals surface area (Å²) in [6, 6.07) is 15.5. The Morgan fingerprint density at radius 3 is 2.56 bits per heavy atom. The highest BCUT2D eigenvalue weighted by molar-refractivity contribution is 5.98. The van der Waals surface area contributed by atoms with Crippen molar-refractivity contribution in [1.82, 2.24) is 19.1 Å². The summed E-state index contributed by atoms with van der Waals surface area (Å²) in [7, 11) is 4.84. The van der Waals surface area contributed by atoms with Crippen molar-refractivity contribution in [2.75, 3.05) is 20.0 Å². The van der Waals surface area contributed by atoms with E-state index >= 15 is 0 Å². The van der Waals surface area contributed by atoms with Gasteiger partial charge >= 0.3 is 11.9 Å². The van der Waals surface area contributed by atoms with E-state index in [0.29, 0.717) is 35.6 Å². The summed E-state index contributed by atoms with van der Waals surface area (Å²) in [5.41, 5.74) is 11.7. The smallest absolute Gasteiger partial charge is 0.338 e. The fourth-order valence-electron chi connectivity index (χ4n) is 5.34. The number of fused-ring (bicyclic) bond motifs is 2. The minimum absolute atomic E-state index is 0.183. The average molecular weight is 556 g/mol. The summed E-state index contributed by atoms with van der Waals surface area (Å²) in [5.74, 6) is 0.493. The number of carboxylic acids is 1. The van der Waals surface area contributed by atoms with Crippen LogP contribution in [0.15, 0.2) is 54.7 Å². The molecular formula is C31H33N5O5. The monoisotopic (exact) mass is 555 g/mol. The van der Waals surface area contributed by atoms with Gasteiger partial charge in [0.1, 0.15) is 17.1 Å². The summed E-state index contributed by atoms with van der Waals surface area (Å²) in [6.07, 6.45) is 5.14. The largest absolute Gasteiger partial charge is 0.494 e. The zero-order chi connectivity index (χ0) is 29.1. The summed E-state index contributed by atoms with van der Waals surface area (Å²) in [4.78, 5) is 32.4. The molecule has 0 unspecified atom stereocenters. The van der Waals surface area contributed by atoms with E-state index in [4.69, 9.17) is 25.3 Å². The number of nitrogen functional groups attached to an aromatic ring is 1. The lowest BCUT2D eigenvalue weighted by molar-refractivity contribution is -0.137. The number of anilines is 1. The van der Waals surface area contributed by atoms with Gasteiger partial charge in [-0.1, -0.05) is 25.0 Å². The Bertz CT molecular complexity index is 1750. The van der Waals surface area contributed by atoms with Crippen LogP contribution >= 0.6 is 0 Å². The topological polar surface area (TPSA) is 134 Å². The number of aryl methyl sites for hydroxylation is 2. The van der Waals surface area contributed by atoms with E-state index in [1.54, 1.807) is 25.4 Å². The fourth-order valence-corrected chi connectivity index (χ4v) is 5.34. The van der Waals surface area contributed by atoms with E-state index in [-0.39, 0.29) is 6.42 Å². The van der Waals surface area contributed by atoms with Crippen molar-refractivity contribution in [3.8, 4) is 28.4 Å². The van der Waals surface area contributed by atoms with E-state index in [9.17, 15) is 9.59 Å². The zero-order valence-electron chi connectivity index (χ0n) is 23.4. The van der Waals surface area contributed by atoms with Gasteiger partial charge in [0, 0.05) is 42.7 Å². The molecule has 41 heavy (non-hydrogen) atoms. The average Bonchev–Trinajstić information content (AvgIpc) is 3.50. The third-order valence-corrected chi connectivity index (χ3v) is 7.38. The standard InChI is InChI=1S/C31H33N5O5/c1-35-28-23(15-21(31(39)41-3)18-26(28)40-2)34-30(35)25-17-20-12-11-19(22-9-8-13-33-29(22)32)16-24(20)36(25)14-7-5-4-6-10-27(37)38/h8-9,11-13,15-18H,4-7,10,14H2,1-3H3,(H2,32,33)(H,37,38). The molecule has 0 fully saturated rings. The van der Waals surface area contributed by atoms with E-state index in [1.807, 2.05) is 29.8 Å². The van der Waals surface area contributed by atoms with Crippen molar-refractivity contribution in [2.24, 2.45) is 7.05 Å². The van der Waals surface area contributed by atoms with Crippen molar-refractivity contribution in [3.63, 3.8) is 0 Å². The Kier molecular flexibility index (Phi) is 7.91. The molecule has 5 aromatic rings. The third-order valence-electron chi connectivity index (χ3n) is 7.38. The normalized spacial score (nSPS) is 11.3. The van der Waals surface area contributed by atoms with Crippen LogP contribution in [-0.2, 0) is 23.1 Å². The molecule has 2 aromatic carbocycles. The van der Waals surface area contributed by atoms with Gasteiger partial charge in [0.25, 0.3) is 0 Å². The molecule has 0 aliphatic carbocycles. The number of rotatable bonds is 11. The van der Waals surface area contributed by atoms with E-state index in [1.165, 1.54) is 7.11 Å². The predicted octanol–water partition coefficient (Wildman–Crippen LogP) is 5.67. The number of unbranched alkanes of at least 4 members (excludes halogenated alkanes) is 3. The Hall–Kier alpha value is -4.86. The van der Waals surface area contributed by atoms with Crippen LogP contribution in [0.2, 0.25) is 0 Å². The van der Waals surface area contributed by atoms with Crippen LogP contribution in [0.25, 0.3) is 44.6 Å². The van der Waals surface area contributed by atoms with Gasteiger partial charge in [0.05, 0.1) is 31.0 Å². The van der Waals surface area contributed by atoms with Gasteiger partial charge in [0.15, 0.2) is 5.82 Å². The number of hydrogen-bond donors (Lipinski definition) is 2. The molecule has 3 N–H and O–H groups in total. The SMILES string of the molecule is COC(=O)c1cc(OC)c2c(c1)nc(-c1cc3ccc(-c4cccnc4N)cc3n1CCCCCCC(=O)O)n2C. The maximum atomic E-state index is 12.3. The van der Waals surface area contributed by atoms with Gasteiger partial charge < -0.3 is 29.4 Å². The van der Waals surface area contributed by atoms with Crippen LogP contribution < -0.4 is 10.5 Å². The van der Waals surface area contributed by atoms with Crippen molar-refractivity contribution in [2.45, 2.75) is 38.6 Å². The highest BCUT2D eigenvalue weighted by atomic mass is 16.5. The molecular weight excluding hydrogens is 522 g/mol. The Morgan fingerprint density at radius 1 is 1.02 bits per heavy atom. The molecule has 0 saturated heterocycles. The molecule has 3 heterocycles. The first-order valence-corrected chi connectivity index (χ1v) is 13.5. The van der Waals surface area contributed by atoms with Gasteiger partial charge in [-0.3, -0.25) is 4.79 Å². The summed E-state index contributed by atoms with van der Waals surface area (Å²) in [6.45, 7) is 0.714. The number of hydrogen-bond acceptors (Lipinski definition) is 7. The molecule has 0 bridgehead atoms. The van der Waals surface area contributed by atoms with E-state index < -0.39 is 11.9 Å². The second-order valence-electron chi connectivity index (χ2n) is 9.98. The first-order chi connectivity index (χ1) is 19.8. The second-order valence-corrected chi connectivity index (χ2v) is 9.98. The van der Waals surface area contributed by atoms with Crippen LogP contribution in [0.3, 0.4) is 0 Å². The number of nitrogens with zero attached hydrogens (tertiary/aromatic N) is 4. The lowest BCUT2D eigenvalue weighted by Crippen LogP contribution is -2.04. The van der Waals surface area contributed by atoms with Gasteiger partial charge in [-0.2, -0.15) is 0 Å². The summed E-state index contributed by atoms with van der Waals surface area (Å²) in [5, 5.41) is 10.0. The maximum Gasteiger partial charge on any atom is 0.338 e. The predicted molar refractivity (Wildman–Crippen MR) is 158 cm³/mol. The Balaban J connectivity index is 1.62. The van der Waals surface area contributed by atoms with E-state index in [2.05, 4.69) is 27.8 Å². The van der Waals surface area contributed by atoms with Crippen LogP contribution in [0.1, 0.15) is 42.5 Å². The van der Waals surface area contributed by atoms with E-state index in [0.717, 1.165) is 58.3 Å². The number of carbonyl (C=O) groups is 2. The first-order valence-electron chi connectivity index (χ1n) is 13.5. The quantitative estimate of drug-likeness (QED) is 0.157. The number of aliphatic carboxylic acids is 1. The number of carbonyl (C=O) groups excluding carboxylic acids is 1. The molecule has 5 rings (SSSR count). The number of methoxy groups -OCH3 is 2. The molecule has 0 atom stereocenters. The molecule has 0 spiro atoms. The minimum Gasteiger partial charge on any atom is -0.494 e. The first kappa shape index (κ1) is 27.7. The number of imidazole rings is 1. The van der Waals surface area contributed by atoms with Crippen molar-refractivity contribution >= 4 is 39.7 Å². The molecule has 10 nitrogen and oxygen atoms in total. The lowest BCUT2D eigenvalue weighted by Gasteiger charge is -2.12. The maximum absolute atomic E-state index is 12.3. The summed E-state index contributed by atoms with van der Waals surface area (Å²) >= 11 is 0. The number of ether oxygens (including phenoxy) is 2.